The molecule has 3 rings (SSSR count). The summed E-state index contributed by atoms with van der Waals surface area (Å²) in [5, 5.41) is 11.8. The molecule has 0 radical (unpaired) electrons. The van der Waals surface area contributed by atoms with E-state index >= 15 is 0 Å². The van der Waals surface area contributed by atoms with Crippen LogP contribution in [0, 0.1) is 11.7 Å². The Kier molecular flexibility index (Phi) is 5.42. The molecule has 2 aromatic carbocycles. The predicted octanol–water partition coefficient (Wildman–Crippen LogP) is 3.36. The van der Waals surface area contributed by atoms with E-state index in [1.54, 1.807) is 30.3 Å². The van der Waals surface area contributed by atoms with Gasteiger partial charge in [0.15, 0.2) is 6.61 Å². The molecule has 1 fully saturated rings. The van der Waals surface area contributed by atoms with Crippen LogP contribution in [0.3, 0.4) is 0 Å². The number of ether oxygens (including phenoxy) is 1. The third-order valence-corrected chi connectivity index (χ3v) is 4.55. The fourth-order valence-electron chi connectivity index (χ4n) is 2.88. The van der Waals surface area contributed by atoms with Crippen LogP contribution in [-0.2, 0) is 16.1 Å². The van der Waals surface area contributed by atoms with Gasteiger partial charge in [0.25, 0.3) is 0 Å². The Morgan fingerprint density at radius 1 is 1.27 bits per heavy atom. The first-order valence-electron chi connectivity index (χ1n) is 8.11. The summed E-state index contributed by atoms with van der Waals surface area (Å²) < 4.78 is 19.0. The van der Waals surface area contributed by atoms with Gasteiger partial charge in [-0.25, -0.2) is 9.18 Å². The van der Waals surface area contributed by atoms with Crippen LogP contribution in [0.4, 0.5) is 4.39 Å². The molecule has 2 atom stereocenters. The van der Waals surface area contributed by atoms with E-state index in [2.05, 4.69) is 5.32 Å². The molecule has 0 aromatic heterocycles. The van der Waals surface area contributed by atoms with Crippen LogP contribution in [0.25, 0.3) is 0 Å². The van der Waals surface area contributed by atoms with Crippen molar-refractivity contribution in [3.63, 3.8) is 0 Å². The van der Waals surface area contributed by atoms with Crippen LogP contribution in [0.2, 0.25) is 5.02 Å². The Bertz CT molecular complexity index is 822. The van der Waals surface area contributed by atoms with Gasteiger partial charge in [-0.1, -0.05) is 29.8 Å². The molecule has 2 aromatic rings. The van der Waals surface area contributed by atoms with Crippen molar-refractivity contribution in [2.45, 2.75) is 18.9 Å². The van der Waals surface area contributed by atoms with E-state index in [9.17, 15) is 14.0 Å². The minimum Gasteiger partial charge on any atom is -0.482 e. The van der Waals surface area contributed by atoms with Crippen molar-refractivity contribution in [3.8, 4) is 5.75 Å². The number of hydrogen-bond acceptors (Lipinski definition) is 3. The monoisotopic (exact) mass is 377 g/mol. The maximum Gasteiger partial charge on any atom is 0.341 e. The molecule has 1 amide bonds. The summed E-state index contributed by atoms with van der Waals surface area (Å²) in [7, 11) is 0. The van der Waals surface area contributed by atoms with Crippen molar-refractivity contribution in [2.75, 3.05) is 6.61 Å². The SMILES string of the molecule is O=C(O)COc1cccc(CNC(=O)C2CC2c2c(F)cccc2Cl)c1. The number of carbonyl (C=O) groups is 2. The van der Waals surface area contributed by atoms with Crippen LogP contribution in [0.1, 0.15) is 23.5 Å². The second kappa shape index (κ2) is 7.74. The van der Waals surface area contributed by atoms with Crippen molar-refractivity contribution < 1.29 is 23.8 Å². The van der Waals surface area contributed by atoms with Gasteiger partial charge in [0.1, 0.15) is 11.6 Å². The molecule has 0 saturated heterocycles. The largest absolute Gasteiger partial charge is 0.482 e. The highest BCUT2D eigenvalue weighted by Gasteiger charge is 2.46. The second-order valence-corrected chi connectivity index (χ2v) is 6.54. The Balaban J connectivity index is 1.55. The highest BCUT2D eigenvalue weighted by molar-refractivity contribution is 6.31. The molecule has 2 N–H and O–H groups in total. The van der Waals surface area contributed by atoms with E-state index in [1.165, 1.54) is 12.1 Å². The van der Waals surface area contributed by atoms with Gasteiger partial charge >= 0.3 is 5.97 Å². The van der Waals surface area contributed by atoms with E-state index < -0.39 is 12.6 Å². The number of carboxylic acids is 1. The lowest BCUT2D eigenvalue weighted by atomic mass is 10.1. The van der Waals surface area contributed by atoms with Crippen molar-refractivity contribution in [1.82, 2.24) is 5.32 Å². The minimum atomic E-state index is -1.06. The summed E-state index contributed by atoms with van der Waals surface area (Å²) in [6.07, 6.45) is 0.564. The number of carboxylic acid groups (broad SMARTS) is 1. The first-order valence-corrected chi connectivity index (χ1v) is 8.48. The van der Waals surface area contributed by atoms with Crippen LogP contribution < -0.4 is 10.1 Å². The summed E-state index contributed by atoms with van der Waals surface area (Å²) in [5.74, 6) is -1.69. The quantitative estimate of drug-likeness (QED) is 0.775. The standard InChI is InChI=1S/C19H17ClFNO4/c20-15-5-2-6-16(21)18(15)13-8-14(13)19(25)22-9-11-3-1-4-12(7-11)26-10-17(23)24/h1-7,13-14H,8-10H2,(H,22,25)(H,23,24). The molecule has 136 valence electrons. The summed E-state index contributed by atoms with van der Waals surface area (Å²) in [6.45, 7) is -0.152. The van der Waals surface area contributed by atoms with Crippen molar-refractivity contribution >= 4 is 23.5 Å². The van der Waals surface area contributed by atoms with Gasteiger partial charge < -0.3 is 15.2 Å². The van der Waals surface area contributed by atoms with Gasteiger partial charge in [-0.15, -0.1) is 0 Å². The van der Waals surface area contributed by atoms with E-state index in [0.717, 1.165) is 5.56 Å². The fourth-order valence-corrected chi connectivity index (χ4v) is 3.18. The predicted molar refractivity (Wildman–Crippen MR) is 93.7 cm³/mol. The van der Waals surface area contributed by atoms with Crippen molar-refractivity contribution in [3.05, 3.63) is 64.4 Å². The summed E-state index contributed by atoms with van der Waals surface area (Å²) in [5.41, 5.74) is 1.18. The average molecular weight is 378 g/mol. The van der Waals surface area contributed by atoms with Crippen molar-refractivity contribution in [2.24, 2.45) is 5.92 Å². The van der Waals surface area contributed by atoms with Crippen LogP contribution in [0.15, 0.2) is 42.5 Å². The molecule has 7 heteroatoms. The molecule has 2 unspecified atom stereocenters. The zero-order chi connectivity index (χ0) is 18.7. The number of aliphatic carboxylic acids is 1. The molecular formula is C19H17ClFNO4. The third kappa shape index (κ3) is 4.32. The summed E-state index contributed by atoms with van der Waals surface area (Å²) in [4.78, 5) is 22.8. The molecule has 0 bridgehead atoms. The third-order valence-electron chi connectivity index (χ3n) is 4.23. The summed E-state index contributed by atoms with van der Waals surface area (Å²) >= 11 is 6.05. The van der Waals surface area contributed by atoms with E-state index in [4.69, 9.17) is 21.4 Å². The van der Waals surface area contributed by atoms with E-state index in [-0.39, 0.29) is 30.1 Å². The molecular weight excluding hydrogens is 361 g/mol. The minimum absolute atomic E-state index is 0.161. The summed E-state index contributed by atoms with van der Waals surface area (Å²) in [6, 6.07) is 11.3. The topological polar surface area (TPSA) is 75.6 Å². The number of halogens is 2. The smallest absolute Gasteiger partial charge is 0.341 e. The van der Waals surface area contributed by atoms with Gasteiger partial charge in [0, 0.05) is 29.0 Å². The van der Waals surface area contributed by atoms with E-state index in [0.29, 0.717) is 22.8 Å². The zero-order valence-electron chi connectivity index (χ0n) is 13.7. The number of hydrogen-bond donors (Lipinski definition) is 2. The van der Waals surface area contributed by atoms with Crippen LogP contribution in [0.5, 0.6) is 5.75 Å². The normalized spacial score (nSPS) is 18.2. The lowest BCUT2D eigenvalue weighted by Gasteiger charge is -2.08. The fraction of sp³-hybridized carbons (Fsp3) is 0.263. The van der Waals surface area contributed by atoms with Crippen LogP contribution >= 0.6 is 11.6 Å². The molecule has 0 spiro atoms. The van der Waals surface area contributed by atoms with Gasteiger partial charge in [-0.05, 0) is 36.2 Å². The van der Waals surface area contributed by atoms with Gasteiger partial charge in [-0.3, -0.25) is 4.79 Å². The highest BCUT2D eigenvalue weighted by Crippen LogP contribution is 2.50. The van der Waals surface area contributed by atoms with Crippen molar-refractivity contribution in [1.29, 1.82) is 0 Å². The first-order chi connectivity index (χ1) is 12.5. The number of nitrogens with one attached hydrogen (secondary N) is 1. The first kappa shape index (κ1) is 18.2. The van der Waals surface area contributed by atoms with E-state index in [1.807, 2.05) is 0 Å². The highest BCUT2D eigenvalue weighted by atomic mass is 35.5. The molecule has 0 heterocycles. The molecule has 1 aliphatic rings. The van der Waals surface area contributed by atoms with Gasteiger partial charge in [0.2, 0.25) is 5.91 Å². The zero-order valence-corrected chi connectivity index (χ0v) is 14.5. The Morgan fingerprint density at radius 3 is 2.77 bits per heavy atom. The number of rotatable bonds is 7. The molecule has 26 heavy (non-hydrogen) atoms. The second-order valence-electron chi connectivity index (χ2n) is 6.13. The maximum absolute atomic E-state index is 13.9. The number of carbonyl (C=O) groups excluding carboxylic acids is 1. The Labute approximate surface area is 154 Å². The van der Waals surface area contributed by atoms with Gasteiger partial charge in [0.05, 0.1) is 0 Å². The van der Waals surface area contributed by atoms with Gasteiger partial charge in [-0.2, -0.15) is 0 Å². The maximum atomic E-state index is 13.9. The molecule has 1 saturated carbocycles. The van der Waals surface area contributed by atoms with Crippen LogP contribution in [-0.4, -0.2) is 23.6 Å². The Morgan fingerprint density at radius 2 is 2.04 bits per heavy atom. The lowest BCUT2D eigenvalue weighted by molar-refractivity contribution is -0.139. The average Bonchev–Trinajstić information content (AvgIpc) is 3.38. The molecule has 0 aliphatic heterocycles. The molecule has 1 aliphatic carbocycles. The number of benzene rings is 2. The molecule has 5 nitrogen and oxygen atoms in total. The Hall–Kier alpha value is -2.60. The lowest BCUT2D eigenvalue weighted by Crippen LogP contribution is -2.25. The number of amides is 1.